The van der Waals surface area contributed by atoms with E-state index in [0.717, 1.165) is 17.0 Å². The SMILES string of the molecule is FC(F)(F)c1ccc(CNc2nc(-c3ccccc3)nc3ccc(Cl)cc23)cn1. The molecule has 2 aromatic heterocycles. The van der Waals surface area contributed by atoms with E-state index < -0.39 is 11.9 Å². The molecule has 0 unspecified atom stereocenters. The predicted octanol–water partition coefficient (Wildman–Crippen LogP) is 5.98. The first-order chi connectivity index (χ1) is 13.9. The average Bonchev–Trinajstić information content (AvgIpc) is 2.72. The van der Waals surface area contributed by atoms with Gasteiger partial charge in [0.2, 0.25) is 0 Å². The zero-order valence-electron chi connectivity index (χ0n) is 14.9. The third-order valence-electron chi connectivity index (χ3n) is 4.26. The second kappa shape index (κ2) is 7.67. The highest BCUT2D eigenvalue weighted by Crippen LogP contribution is 2.29. The lowest BCUT2D eigenvalue weighted by Crippen LogP contribution is -2.09. The number of anilines is 1. The summed E-state index contributed by atoms with van der Waals surface area (Å²) >= 11 is 6.12. The summed E-state index contributed by atoms with van der Waals surface area (Å²) in [5, 5.41) is 4.42. The van der Waals surface area contributed by atoms with Gasteiger partial charge in [-0.15, -0.1) is 0 Å². The third kappa shape index (κ3) is 4.30. The van der Waals surface area contributed by atoms with Gasteiger partial charge >= 0.3 is 6.18 Å². The van der Waals surface area contributed by atoms with Gasteiger partial charge < -0.3 is 5.32 Å². The van der Waals surface area contributed by atoms with Crippen molar-refractivity contribution in [2.24, 2.45) is 0 Å². The minimum atomic E-state index is -4.46. The molecule has 0 spiro atoms. The molecule has 1 N–H and O–H groups in total. The van der Waals surface area contributed by atoms with Crippen LogP contribution >= 0.6 is 11.6 Å². The van der Waals surface area contributed by atoms with Crippen LogP contribution in [-0.4, -0.2) is 15.0 Å². The van der Waals surface area contributed by atoms with Gasteiger partial charge in [0.25, 0.3) is 0 Å². The van der Waals surface area contributed by atoms with Crippen molar-refractivity contribution in [2.75, 3.05) is 5.32 Å². The molecule has 0 aliphatic carbocycles. The van der Waals surface area contributed by atoms with E-state index in [2.05, 4.69) is 20.3 Å². The largest absolute Gasteiger partial charge is 0.433 e. The molecule has 4 aromatic rings. The van der Waals surface area contributed by atoms with E-state index in [1.807, 2.05) is 30.3 Å². The molecule has 0 saturated carbocycles. The molecule has 0 aliphatic heterocycles. The molecule has 0 amide bonds. The number of nitrogens with zero attached hydrogens (tertiary/aromatic N) is 3. The summed E-state index contributed by atoms with van der Waals surface area (Å²) in [5.41, 5.74) is 1.22. The van der Waals surface area contributed by atoms with Crippen LogP contribution in [-0.2, 0) is 12.7 Å². The molecule has 29 heavy (non-hydrogen) atoms. The summed E-state index contributed by atoms with van der Waals surface area (Å²) in [7, 11) is 0. The quantitative estimate of drug-likeness (QED) is 0.446. The molecule has 0 atom stereocenters. The predicted molar refractivity (Wildman–Crippen MR) is 107 cm³/mol. The maximum atomic E-state index is 12.7. The van der Waals surface area contributed by atoms with Gasteiger partial charge in [0, 0.05) is 28.7 Å². The molecule has 4 rings (SSSR count). The smallest absolute Gasteiger partial charge is 0.365 e. The van der Waals surface area contributed by atoms with Gasteiger partial charge in [0.15, 0.2) is 5.82 Å². The van der Waals surface area contributed by atoms with E-state index in [0.29, 0.717) is 27.7 Å². The van der Waals surface area contributed by atoms with Crippen molar-refractivity contribution in [1.82, 2.24) is 15.0 Å². The molecular weight excluding hydrogens is 401 g/mol. The number of pyridine rings is 1. The van der Waals surface area contributed by atoms with Crippen molar-refractivity contribution in [1.29, 1.82) is 0 Å². The molecule has 0 bridgehead atoms. The second-order valence-electron chi connectivity index (χ2n) is 6.33. The van der Waals surface area contributed by atoms with Gasteiger partial charge in [-0.3, -0.25) is 4.98 Å². The normalized spacial score (nSPS) is 11.6. The molecule has 2 aromatic carbocycles. The molecule has 4 nitrogen and oxygen atoms in total. The van der Waals surface area contributed by atoms with Crippen LogP contribution in [0.5, 0.6) is 0 Å². The number of benzene rings is 2. The summed E-state index contributed by atoms with van der Waals surface area (Å²) in [6, 6.07) is 17.1. The van der Waals surface area contributed by atoms with Gasteiger partial charge in [-0.05, 0) is 29.8 Å². The van der Waals surface area contributed by atoms with Crippen molar-refractivity contribution in [3.8, 4) is 11.4 Å². The number of nitrogens with one attached hydrogen (secondary N) is 1. The number of aromatic nitrogens is 3. The van der Waals surface area contributed by atoms with E-state index in [4.69, 9.17) is 11.6 Å². The Bertz CT molecular complexity index is 1150. The summed E-state index contributed by atoms with van der Waals surface area (Å²) in [6.45, 7) is 0.248. The molecule has 0 fully saturated rings. The Kier molecular flexibility index (Phi) is 5.07. The number of hydrogen-bond donors (Lipinski definition) is 1. The van der Waals surface area contributed by atoms with Gasteiger partial charge in [-0.25, -0.2) is 9.97 Å². The van der Waals surface area contributed by atoms with Gasteiger partial charge in [-0.2, -0.15) is 13.2 Å². The Morgan fingerprint density at radius 3 is 2.41 bits per heavy atom. The minimum Gasteiger partial charge on any atom is -0.365 e. The Morgan fingerprint density at radius 1 is 0.931 bits per heavy atom. The third-order valence-corrected chi connectivity index (χ3v) is 4.50. The Balaban J connectivity index is 1.67. The summed E-state index contributed by atoms with van der Waals surface area (Å²) in [6.07, 6.45) is -3.26. The van der Waals surface area contributed by atoms with Gasteiger partial charge in [0.05, 0.1) is 5.52 Å². The van der Waals surface area contributed by atoms with Crippen LogP contribution in [0.1, 0.15) is 11.3 Å². The highest BCUT2D eigenvalue weighted by molar-refractivity contribution is 6.31. The number of fused-ring (bicyclic) bond motifs is 1. The Hall–Kier alpha value is -3.19. The Morgan fingerprint density at radius 2 is 1.72 bits per heavy atom. The topological polar surface area (TPSA) is 50.7 Å². The highest BCUT2D eigenvalue weighted by atomic mass is 35.5. The molecule has 2 heterocycles. The molecular formula is C21H14ClF3N4. The average molecular weight is 415 g/mol. The van der Waals surface area contributed by atoms with Crippen molar-refractivity contribution in [3.05, 3.63) is 83.1 Å². The number of halogens is 4. The van der Waals surface area contributed by atoms with Crippen LogP contribution in [0.4, 0.5) is 19.0 Å². The fraction of sp³-hybridized carbons (Fsp3) is 0.0952. The van der Waals surface area contributed by atoms with Crippen LogP contribution in [0.2, 0.25) is 5.02 Å². The van der Waals surface area contributed by atoms with Gasteiger partial charge in [-0.1, -0.05) is 48.0 Å². The first-order valence-electron chi connectivity index (χ1n) is 8.69. The summed E-state index contributed by atoms with van der Waals surface area (Å²) < 4.78 is 38.0. The fourth-order valence-corrected chi connectivity index (χ4v) is 3.01. The van der Waals surface area contributed by atoms with Crippen LogP contribution in [0.25, 0.3) is 22.3 Å². The van der Waals surface area contributed by atoms with Crippen LogP contribution in [0.3, 0.4) is 0 Å². The van der Waals surface area contributed by atoms with Gasteiger partial charge in [0.1, 0.15) is 11.5 Å². The van der Waals surface area contributed by atoms with E-state index in [9.17, 15) is 13.2 Å². The van der Waals surface area contributed by atoms with Crippen molar-refractivity contribution >= 4 is 28.3 Å². The fourth-order valence-electron chi connectivity index (χ4n) is 2.83. The minimum absolute atomic E-state index is 0.248. The van der Waals surface area contributed by atoms with E-state index in [1.165, 1.54) is 12.3 Å². The molecule has 0 saturated heterocycles. The zero-order chi connectivity index (χ0) is 20.4. The lowest BCUT2D eigenvalue weighted by atomic mass is 10.1. The monoisotopic (exact) mass is 414 g/mol. The maximum absolute atomic E-state index is 12.7. The van der Waals surface area contributed by atoms with E-state index in [-0.39, 0.29) is 6.54 Å². The number of rotatable bonds is 4. The molecule has 0 radical (unpaired) electrons. The first-order valence-corrected chi connectivity index (χ1v) is 9.07. The van der Waals surface area contributed by atoms with Crippen molar-refractivity contribution in [2.45, 2.75) is 12.7 Å². The lowest BCUT2D eigenvalue weighted by molar-refractivity contribution is -0.141. The summed E-state index contributed by atoms with van der Waals surface area (Å²) in [4.78, 5) is 12.7. The second-order valence-corrected chi connectivity index (χ2v) is 6.76. The Labute approximate surface area is 169 Å². The van der Waals surface area contributed by atoms with Crippen LogP contribution in [0, 0.1) is 0 Å². The highest BCUT2D eigenvalue weighted by Gasteiger charge is 2.31. The molecule has 0 aliphatic rings. The maximum Gasteiger partial charge on any atom is 0.433 e. The summed E-state index contributed by atoms with van der Waals surface area (Å²) in [5.74, 6) is 1.07. The number of hydrogen-bond acceptors (Lipinski definition) is 4. The number of alkyl halides is 3. The molecule has 8 heteroatoms. The zero-order valence-corrected chi connectivity index (χ0v) is 15.7. The van der Waals surface area contributed by atoms with E-state index in [1.54, 1.807) is 18.2 Å². The van der Waals surface area contributed by atoms with Crippen molar-refractivity contribution < 1.29 is 13.2 Å². The van der Waals surface area contributed by atoms with E-state index >= 15 is 0 Å². The first kappa shape index (κ1) is 19.1. The van der Waals surface area contributed by atoms with Crippen molar-refractivity contribution in [3.63, 3.8) is 0 Å². The van der Waals surface area contributed by atoms with Crippen LogP contribution in [0.15, 0.2) is 66.9 Å². The standard InChI is InChI=1S/C21H14ClF3N4/c22-15-7-8-17-16(10-15)20(29-19(28-17)14-4-2-1-3-5-14)27-12-13-6-9-18(26-11-13)21(23,24)25/h1-11H,12H2,(H,27,28,29). The van der Waals surface area contributed by atoms with Crippen LogP contribution < -0.4 is 5.32 Å². The molecule has 146 valence electrons. The lowest BCUT2D eigenvalue weighted by Gasteiger charge is -2.12.